The summed E-state index contributed by atoms with van der Waals surface area (Å²) in [6.45, 7) is 11.1. The maximum atomic E-state index is 9.03. The fourth-order valence-electron chi connectivity index (χ4n) is 2.10. The molecule has 1 aliphatic carbocycles. The first-order valence-corrected chi connectivity index (χ1v) is 6.64. The summed E-state index contributed by atoms with van der Waals surface area (Å²) in [6, 6.07) is 0.789. The van der Waals surface area contributed by atoms with Crippen molar-refractivity contribution in [2.75, 3.05) is 32.8 Å². The minimum Gasteiger partial charge on any atom is -0.395 e. The molecule has 0 aromatic rings. The Balaban J connectivity index is 2.27. The summed E-state index contributed by atoms with van der Waals surface area (Å²) < 4.78 is 0. The van der Waals surface area contributed by atoms with Gasteiger partial charge in [0.25, 0.3) is 0 Å². The Morgan fingerprint density at radius 3 is 2.50 bits per heavy atom. The van der Waals surface area contributed by atoms with Crippen LogP contribution in [-0.2, 0) is 0 Å². The molecule has 1 rings (SSSR count). The van der Waals surface area contributed by atoms with E-state index in [1.165, 1.54) is 12.8 Å². The molecule has 0 aliphatic heterocycles. The van der Waals surface area contributed by atoms with E-state index in [1.807, 2.05) is 0 Å². The summed E-state index contributed by atoms with van der Waals surface area (Å²) in [5.74, 6) is 0. The summed E-state index contributed by atoms with van der Waals surface area (Å²) in [6.07, 6.45) is 3.86. The van der Waals surface area contributed by atoms with Crippen LogP contribution in [0, 0.1) is 5.41 Å². The second kappa shape index (κ2) is 6.58. The summed E-state index contributed by atoms with van der Waals surface area (Å²) in [4.78, 5) is 2.37. The molecule has 2 N–H and O–H groups in total. The average Bonchev–Trinajstić information content (AvgIpc) is 2.98. The number of aliphatic hydroxyl groups excluding tert-OH is 1. The molecule has 1 saturated carbocycles. The number of nitrogens with one attached hydrogen (secondary N) is 1. The van der Waals surface area contributed by atoms with Gasteiger partial charge in [0.15, 0.2) is 0 Å². The van der Waals surface area contributed by atoms with Crippen LogP contribution in [-0.4, -0.2) is 48.8 Å². The standard InChI is InChI=1S/C13H28N2O/c1-4-7-15(8-9-16)11-13(2,3)10-14-12-5-6-12/h12,14,16H,4-11H2,1-3H3. The van der Waals surface area contributed by atoms with E-state index in [1.54, 1.807) is 0 Å². The predicted molar refractivity (Wildman–Crippen MR) is 68.6 cm³/mol. The van der Waals surface area contributed by atoms with Crippen molar-refractivity contribution < 1.29 is 5.11 Å². The third-order valence-corrected chi connectivity index (χ3v) is 3.05. The van der Waals surface area contributed by atoms with E-state index < -0.39 is 0 Å². The van der Waals surface area contributed by atoms with Crippen LogP contribution in [0.4, 0.5) is 0 Å². The van der Waals surface area contributed by atoms with Crippen LogP contribution < -0.4 is 5.32 Å². The molecule has 1 aliphatic rings. The largest absolute Gasteiger partial charge is 0.395 e. The van der Waals surface area contributed by atoms with Crippen LogP contribution in [0.5, 0.6) is 0 Å². The smallest absolute Gasteiger partial charge is 0.0558 e. The van der Waals surface area contributed by atoms with Gasteiger partial charge in [-0.25, -0.2) is 0 Å². The highest BCUT2D eigenvalue weighted by molar-refractivity contribution is 4.85. The zero-order valence-electron chi connectivity index (χ0n) is 11.1. The Hall–Kier alpha value is -0.120. The number of nitrogens with zero attached hydrogens (tertiary/aromatic N) is 1. The first kappa shape index (κ1) is 13.9. The van der Waals surface area contributed by atoms with Crippen molar-refractivity contribution >= 4 is 0 Å². The molecule has 3 heteroatoms. The highest BCUT2D eigenvalue weighted by Crippen LogP contribution is 2.22. The Bertz CT molecular complexity index is 184. The normalized spacial score (nSPS) is 17.1. The van der Waals surface area contributed by atoms with E-state index >= 15 is 0 Å². The van der Waals surface area contributed by atoms with Gasteiger partial charge in [0.1, 0.15) is 0 Å². The maximum absolute atomic E-state index is 9.03. The lowest BCUT2D eigenvalue weighted by molar-refractivity contribution is 0.142. The molecule has 1 fully saturated rings. The van der Waals surface area contributed by atoms with Crippen molar-refractivity contribution in [2.24, 2.45) is 5.41 Å². The monoisotopic (exact) mass is 228 g/mol. The van der Waals surface area contributed by atoms with Crippen LogP contribution in [0.1, 0.15) is 40.0 Å². The van der Waals surface area contributed by atoms with Gasteiger partial charge in [-0.15, -0.1) is 0 Å². The Morgan fingerprint density at radius 1 is 1.31 bits per heavy atom. The molecule has 0 spiro atoms. The summed E-state index contributed by atoms with van der Waals surface area (Å²) in [5.41, 5.74) is 0.299. The van der Waals surface area contributed by atoms with Gasteiger partial charge in [-0.2, -0.15) is 0 Å². The quantitative estimate of drug-likeness (QED) is 0.627. The molecule has 96 valence electrons. The molecule has 3 nitrogen and oxygen atoms in total. The van der Waals surface area contributed by atoms with Crippen LogP contribution in [0.3, 0.4) is 0 Å². The molecular formula is C13H28N2O. The van der Waals surface area contributed by atoms with Crippen LogP contribution >= 0.6 is 0 Å². The van der Waals surface area contributed by atoms with Crippen LogP contribution in [0.15, 0.2) is 0 Å². The van der Waals surface area contributed by atoms with Crippen LogP contribution in [0.2, 0.25) is 0 Å². The lowest BCUT2D eigenvalue weighted by Gasteiger charge is -2.32. The lowest BCUT2D eigenvalue weighted by atomic mass is 9.92. The SMILES string of the molecule is CCCN(CCO)CC(C)(C)CNC1CC1. The molecule has 0 atom stereocenters. The Kier molecular flexibility index (Phi) is 5.73. The minimum absolute atomic E-state index is 0.270. The zero-order valence-corrected chi connectivity index (χ0v) is 11.1. The first-order valence-electron chi connectivity index (χ1n) is 6.64. The van der Waals surface area contributed by atoms with E-state index in [0.29, 0.717) is 5.41 Å². The summed E-state index contributed by atoms with van der Waals surface area (Å²) >= 11 is 0. The molecule has 0 amide bonds. The summed E-state index contributed by atoms with van der Waals surface area (Å²) in [5, 5.41) is 12.6. The van der Waals surface area contributed by atoms with Crippen molar-refractivity contribution in [3.8, 4) is 0 Å². The number of aliphatic hydroxyl groups is 1. The number of hydrogen-bond acceptors (Lipinski definition) is 3. The van der Waals surface area contributed by atoms with Crippen molar-refractivity contribution in [1.82, 2.24) is 10.2 Å². The first-order chi connectivity index (χ1) is 7.57. The van der Waals surface area contributed by atoms with Gasteiger partial charge in [-0.1, -0.05) is 20.8 Å². The van der Waals surface area contributed by atoms with E-state index in [-0.39, 0.29) is 6.61 Å². The number of hydrogen-bond donors (Lipinski definition) is 2. The third kappa shape index (κ3) is 5.83. The zero-order chi connectivity index (χ0) is 12.0. The molecule has 0 bridgehead atoms. The lowest BCUT2D eigenvalue weighted by Crippen LogP contribution is -2.42. The molecule has 0 heterocycles. The van der Waals surface area contributed by atoms with Crippen molar-refractivity contribution in [3.63, 3.8) is 0 Å². The molecule has 0 aromatic heterocycles. The van der Waals surface area contributed by atoms with Crippen molar-refractivity contribution in [3.05, 3.63) is 0 Å². The van der Waals surface area contributed by atoms with Gasteiger partial charge in [-0.3, -0.25) is 0 Å². The van der Waals surface area contributed by atoms with Gasteiger partial charge in [0.2, 0.25) is 0 Å². The van der Waals surface area contributed by atoms with Gasteiger partial charge >= 0.3 is 0 Å². The van der Waals surface area contributed by atoms with Gasteiger partial charge in [0.05, 0.1) is 6.61 Å². The van der Waals surface area contributed by atoms with E-state index in [4.69, 9.17) is 5.11 Å². The average molecular weight is 228 g/mol. The molecule has 0 aromatic carbocycles. The third-order valence-electron chi connectivity index (χ3n) is 3.05. The minimum atomic E-state index is 0.270. The van der Waals surface area contributed by atoms with Gasteiger partial charge in [0, 0.05) is 25.7 Å². The summed E-state index contributed by atoms with van der Waals surface area (Å²) in [7, 11) is 0. The maximum Gasteiger partial charge on any atom is 0.0558 e. The molecule has 16 heavy (non-hydrogen) atoms. The highest BCUT2D eigenvalue weighted by Gasteiger charge is 2.26. The topological polar surface area (TPSA) is 35.5 Å². The van der Waals surface area contributed by atoms with Gasteiger partial charge < -0.3 is 15.3 Å². The molecule has 0 unspecified atom stereocenters. The highest BCUT2D eigenvalue weighted by atomic mass is 16.3. The van der Waals surface area contributed by atoms with E-state index in [2.05, 4.69) is 31.0 Å². The predicted octanol–water partition coefficient (Wildman–Crippen LogP) is 1.47. The Morgan fingerprint density at radius 2 is 2.00 bits per heavy atom. The van der Waals surface area contributed by atoms with Gasteiger partial charge in [-0.05, 0) is 31.2 Å². The second-order valence-electron chi connectivity index (χ2n) is 5.82. The second-order valence-corrected chi connectivity index (χ2v) is 5.82. The fourth-order valence-corrected chi connectivity index (χ4v) is 2.10. The van der Waals surface area contributed by atoms with Crippen LogP contribution in [0.25, 0.3) is 0 Å². The van der Waals surface area contributed by atoms with Crippen molar-refractivity contribution in [1.29, 1.82) is 0 Å². The fraction of sp³-hybridized carbons (Fsp3) is 1.00. The van der Waals surface area contributed by atoms with Crippen molar-refractivity contribution in [2.45, 2.75) is 46.1 Å². The molecular weight excluding hydrogens is 200 g/mol. The molecule has 0 radical (unpaired) electrons. The molecule has 0 saturated heterocycles. The van der Waals surface area contributed by atoms with E-state index in [9.17, 15) is 0 Å². The van der Waals surface area contributed by atoms with E-state index in [0.717, 1.165) is 38.6 Å². The number of rotatable bonds is 9. The Labute approximate surface area is 100 Å².